The van der Waals surface area contributed by atoms with E-state index in [1.807, 2.05) is 12.3 Å². The van der Waals surface area contributed by atoms with Gasteiger partial charge in [-0.2, -0.15) is 5.26 Å². The van der Waals surface area contributed by atoms with E-state index in [2.05, 4.69) is 0 Å². The van der Waals surface area contributed by atoms with Crippen LogP contribution >= 0.6 is 23.4 Å². The molecule has 19 heavy (non-hydrogen) atoms. The quantitative estimate of drug-likeness (QED) is 0.864. The van der Waals surface area contributed by atoms with E-state index in [4.69, 9.17) is 22.6 Å². The third-order valence-electron chi connectivity index (χ3n) is 2.63. The number of nitrogens with zero attached hydrogens (tertiary/aromatic N) is 2. The number of nitriles is 1. The molecule has 0 unspecified atom stereocenters. The van der Waals surface area contributed by atoms with Crippen LogP contribution in [-0.2, 0) is 0 Å². The Morgan fingerprint density at radius 2 is 2.00 bits per heavy atom. The molecule has 0 bridgehead atoms. The first kappa shape index (κ1) is 13.5. The van der Waals surface area contributed by atoms with Crippen LogP contribution in [0.5, 0.6) is 0 Å². The molecule has 6 heteroatoms. The van der Waals surface area contributed by atoms with Gasteiger partial charge in [0.1, 0.15) is 17.5 Å². The molecular formula is C13H10ClN3OS. The lowest BCUT2D eigenvalue weighted by Gasteiger charge is -2.13. The van der Waals surface area contributed by atoms with Crippen molar-refractivity contribution in [3.63, 3.8) is 0 Å². The van der Waals surface area contributed by atoms with Crippen LogP contribution in [0.4, 0.5) is 5.82 Å². The molecule has 1 aromatic carbocycles. The van der Waals surface area contributed by atoms with Crippen LogP contribution in [0.1, 0.15) is 5.56 Å². The predicted octanol–water partition coefficient (Wildman–Crippen LogP) is 2.67. The molecule has 2 aromatic rings. The molecule has 4 nitrogen and oxygen atoms in total. The second-order valence-electron chi connectivity index (χ2n) is 3.74. The van der Waals surface area contributed by atoms with Crippen molar-refractivity contribution < 1.29 is 0 Å². The lowest BCUT2D eigenvalue weighted by molar-refractivity contribution is 0.970. The molecule has 0 fully saturated rings. The molecule has 0 saturated carbocycles. The van der Waals surface area contributed by atoms with Crippen LogP contribution in [0.3, 0.4) is 0 Å². The Labute approximate surface area is 119 Å². The molecule has 0 radical (unpaired) electrons. The first-order valence-corrected chi connectivity index (χ1v) is 6.94. The minimum atomic E-state index is -0.430. The zero-order chi connectivity index (χ0) is 14.0. The predicted molar refractivity (Wildman–Crippen MR) is 78.0 cm³/mol. The Hall–Kier alpha value is -1.90. The molecule has 0 atom stereocenters. The Morgan fingerprint density at radius 1 is 1.37 bits per heavy atom. The standard InChI is InChI=1S/C13H10ClN3OS/c1-19-11-6-8(7-15)13(18)17(12(11)16)10-4-2-9(14)3-5-10/h2-6H,16H2,1H3. The number of halogens is 1. The van der Waals surface area contributed by atoms with Gasteiger partial charge in [0.15, 0.2) is 0 Å². The molecule has 0 aliphatic carbocycles. The van der Waals surface area contributed by atoms with Gasteiger partial charge < -0.3 is 5.73 Å². The van der Waals surface area contributed by atoms with Crippen molar-refractivity contribution in [2.75, 3.05) is 12.0 Å². The number of pyridine rings is 1. The monoisotopic (exact) mass is 291 g/mol. The van der Waals surface area contributed by atoms with Gasteiger partial charge in [0.25, 0.3) is 5.56 Å². The second-order valence-corrected chi connectivity index (χ2v) is 5.02. The number of rotatable bonds is 2. The summed E-state index contributed by atoms with van der Waals surface area (Å²) in [4.78, 5) is 12.9. The van der Waals surface area contributed by atoms with Crippen molar-refractivity contribution in [2.45, 2.75) is 4.90 Å². The van der Waals surface area contributed by atoms with Crippen LogP contribution in [-0.4, -0.2) is 10.8 Å². The molecule has 96 valence electrons. The summed E-state index contributed by atoms with van der Waals surface area (Å²) in [5.74, 6) is 0.318. The molecule has 0 spiro atoms. The number of hydrogen-bond acceptors (Lipinski definition) is 4. The van der Waals surface area contributed by atoms with Crippen LogP contribution in [0, 0.1) is 11.3 Å². The van der Waals surface area contributed by atoms with Gasteiger partial charge in [-0.3, -0.25) is 9.36 Å². The van der Waals surface area contributed by atoms with Crippen molar-refractivity contribution in [3.8, 4) is 11.8 Å². The highest BCUT2D eigenvalue weighted by Crippen LogP contribution is 2.25. The summed E-state index contributed by atoms with van der Waals surface area (Å²) < 4.78 is 1.32. The first-order chi connectivity index (χ1) is 9.08. The van der Waals surface area contributed by atoms with Gasteiger partial charge in [-0.1, -0.05) is 11.6 Å². The van der Waals surface area contributed by atoms with Crippen LogP contribution in [0.15, 0.2) is 40.0 Å². The maximum absolute atomic E-state index is 12.2. The van der Waals surface area contributed by atoms with Gasteiger partial charge in [0, 0.05) is 9.92 Å². The van der Waals surface area contributed by atoms with E-state index in [9.17, 15) is 4.79 Å². The number of hydrogen-bond donors (Lipinski definition) is 1. The van der Waals surface area contributed by atoms with E-state index >= 15 is 0 Å². The summed E-state index contributed by atoms with van der Waals surface area (Å²) in [6.45, 7) is 0. The SMILES string of the molecule is CSc1cc(C#N)c(=O)n(-c2ccc(Cl)cc2)c1N. The third kappa shape index (κ3) is 2.46. The summed E-state index contributed by atoms with van der Waals surface area (Å²) in [6, 6.07) is 10.1. The lowest BCUT2D eigenvalue weighted by atomic mass is 10.2. The Balaban J connectivity index is 2.79. The molecule has 1 heterocycles. The van der Waals surface area contributed by atoms with Crippen molar-refractivity contribution >= 4 is 29.2 Å². The van der Waals surface area contributed by atoms with Gasteiger partial charge in [0.05, 0.1) is 5.69 Å². The smallest absolute Gasteiger partial charge is 0.274 e. The average Bonchev–Trinajstić information content (AvgIpc) is 2.41. The normalized spacial score (nSPS) is 10.2. The fourth-order valence-electron chi connectivity index (χ4n) is 1.70. The van der Waals surface area contributed by atoms with Crippen molar-refractivity contribution in [3.05, 3.63) is 51.3 Å². The van der Waals surface area contributed by atoms with Crippen LogP contribution < -0.4 is 11.3 Å². The highest BCUT2D eigenvalue weighted by atomic mass is 35.5. The van der Waals surface area contributed by atoms with Gasteiger partial charge in [-0.15, -0.1) is 11.8 Å². The first-order valence-electron chi connectivity index (χ1n) is 5.34. The summed E-state index contributed by atoms with van der Waals surface area (Å²) in [5, 5.41) is 9.58. The number of nitrogen functional groups attached to an aromatic ring is 1. The minimum Gasteiger partial charge on any atom is -0.384 e. The van der Waals surface area contributed by atoms with Gasteiger partial charge >= 0.3 is 0 Å². The molecule has 1 aromatic heterocycles. The zero-order valence-corrected chi connectivity index (χ0v) is 11.6. The van der Waals surface area contributed by atoms with Gasteiger partial charge in [-0.05, 0) is 36.6 Å². The van der Waals surface area contributed by atoms with Gasteiger partial charge in [0.2, 0.25) is 0 Å². The fourth-order valence-corrected chi connectivity index (χ4v) is 2.36. The molecule has 2 rings (SSSR count). The number of thioether (sulfide) groups is 1. The molecular weight excluding hydrogens is 282 g/mol. The summed E-state index contributed by atoms with van der Waals surface area (Å²) >= 11 is 7.20. The average molecular weight is 292 g/mol. The maximum Gasteiger partial charge on any atom is 0.274 e. The number of nitrogens with two attached hydrogens (primary N) is 1. The number of aromatic nitrogens is 1. The Bertz CT molecular complexity index is 716. The van der Waals surface area contributed by atoms with Gasteiger partial charge in [-0.25, -0.2) is 0 Å². The highest BCUT2D eigenvalue weighted by Gasteiger charge is 2.13. The molecule has 0 amide bonds. The van der Waals surface area contributed by atoms with Crippen molar-refractivity contribution in [2.24, 2.45) is 0 Å². The van der Waals surface area contributed by atoms with E-state index in [0.29, 0.717) is 21.4 Å². The summed E-state index contributed by atoms with van der Waals surface area (Å²) in [7, 11) is 0. The summed E-state index contributed by atoms with van der Waals surface area (Å²) in [5.41, 5.74) is 6.20. The lowest BCUT2D eigenvalue weighted by Crippen LogP contribution is -2.24. The Kier molecular flexibility index (Phi) is 3.84. The van der Waals surface area contributed by atoms with E-state index < -0.39 is 5.56 Å². The minimum absolute atomic E-state index is 0.0634. The van der Waals surface area contributed by atoms with E-state index in [1.165, 1.54) is 22.4 Å². The van der Waals surface area contributed by atoms with E-state index in [0.717, 1.165) is 0 Å². The third-order valence-corrected chi connectivity index (χ3v) is 3.65. The topological polar surface area (TPSA) is 71.8 Å². The number of benzene rings is 1. The molecule has 0 aliphatic heterocycles. The van der Waals surface area contributed by atoms with Crippen molar-refractivity contribution in [1.29, 1.82) is 5.26 Å². The zero-order valence-electron chi connectivity index (χ0n) is 10.1. The Morgan fingerprint density at radius 3 is 2.53 bits per heavy atom. The second kappa shape index (κ2) is 5.39. The van der Waals surface area contributed by atoms with Crippen LogP contribution in [0.25, 0.3) is 5.69 Å². The fraction of sp³-hybridized carbons (Fsp3) is 0.0769. The molecule has 2 N–H and O–H groups in total. The van der Waals surface area contributed by atoms with Crippen LogP contribution in [0.2, 0.25) is 5.02 Å². The molecule has 0 saturated heterocycles. The van der Waals surface area contributed by atoms with E-state index in [-0.39, 0.29) is 5.56 Å². The summed E-state index contributed by atoms with van der Waals surface area (Å²) in [6.07, 6.45) is 1.84. The number of anilines is 1. The van der Waals surface area contributed by atoms with E-state index in [1.54, 1.807) is 24.3 Å². The maximum atomic E-state index is 12.2. The highest BCUT2D eigenvalue weighted by molar-refractivity contribution is 7.98. The largest absolute Gasteiger partial charge is 0.384 e. The molecule has 0 aliphatic rings. The van der Waals surface area contributed by atoms with Crippen molar-refractivity contribution in [1.82, 2.24) is 4.57 Å².